The molecule has 0 aliphatic carbocycles. The first-order valence-corrected chi connectivity index (χ1v) is 8.42. The van der Waals surface area contributed by atoms with Crippen LogP contribution in [0.4, 0.5) is 0 Å². The minimum absolute atomic E-state index is 0.0435. The highest BCUT2D eigenvalue weighted by Gasteiger charge is 2.28. The van der Waals surface area contributed by atoms with E-state index in [1.54, 1.807) is 32.9 Å². The maximum Gasteiger partial charge on any atom is 0.308 e. The van der Waals surface area contributed by atoms with E-state index in [2.05, 4.69) is 5.16 Å². The highest BCUT2D eigenvalue weighted by Crippen LogP contribution is 2.27. The second kappa shape index (κ2) is 8.28. The average Bonchev–Trinajstić information content (AvgIpc) is 2.65. The number of oxime groups is 1. The number of ketones is 1. The molecule has 0 aliphatic heterocycles. The summed E-state index contributed by atoms with van der Waals surface area (Å²) in [6.45, 7) is 6.84. The molecule has 0 atom stereocenters. The van der Waals surface area contributed by atoms with Crippen molar-refractivity contribution in [1.82, 2.24) is 0 Å². The lowest BCUT2D eigenvalue weighted by atomic mass is 9.99. The summed E-state index contributed by atoms with van der Waals surface area (Å²) in [6, 6.07) is 8.32. The highest BCUT2D eigenvalue weighted by atomic mass is 16.7. The van der Waals surface area contributed by atoms with Crippen LogP contribution in [0.5, 0.6) is 11.5 Å². The molecular weight excluding hydrogens is 376 g/mol. The fourth-order valence-corrected chi connectivity index (χ4v) is 2.23. The van der Waals surface area contributed by atoms with E-state index in [0.29, 0.717) is 0 Å². The van der Waals surface area contributed by atoms with Crippen molar-refractivity contribution in [2.75, 3.05) is 0 Å². The maximum absolute atomic E-state index is 13.0. The molecule has 0 unspecified atom stereocenters. The Morgan fingerprint density at radius 2 is 1.86 bits per heavy atom. The van der Waals surface area contributed by atoms with Gasteiger partial charge in [0, 0.05) is 13.0 Å². The van der Waals surface area contributed by atoms with E-state index in [-0.39, 0.29) is 33.1 Å². The first-order chi connectivity index (χ1) is 13.6. The van der Waals surface area contributed by atoms with Crippen molar-refractivity contribution in [3.8, 4) is 23.6 Å². The number of rotatable bonds is 4. The number of phenolic OH excluding ortho intramolecular Hbond substituents is 1. The first kappa shape index (κ1) is 21.2. The number of carbonyl (C=O) groups is 1. The van der Waals surface area contributed by atoms with Gasteiger partial charge in [0.05, 0.1) is 16.7 Å². The van der Waals surface area contributed by atoms with Crippen LogP contribution in [0.2, 0.25) is 0 Å². The number of nitrogens with zero attached hydrogens (tertiary/aromatic N) is 4. The summed E-state index contributed by atoms with van der Waals surface area (Å²) in [5, 5.41) is 44.4. The Bertz CT molecular complexity index is 1070. The Kier molecular flexibility index (Phi) is 6.05. The quantitative estimate of drug-likeness (QED) is 0.210. The lowest BCUT2D eigenvalue weighted by Crippen LogP contribution is -2.35. The summed E-state index contributed by atoms with van der Waals surface area (Å²) in [7, 11) is 0. The van der Waals surface area contributed by atoms with E-state index in [0.717, 1.165) is 18.3 Å². The summed E-state index contributed by atoms with van der Waals surface area (Å²) in [5.74, 6) is -1.50. The van der Waals surface area contributed by atoms with E-state index in [1.807, 2.05) is 0 Å². The predicted molar refractivity (Wildman–Crippen MR) is 101 cm³/mol. The Balaban J connectivity index is 2.50. The summed E-state index contributed by atoms with van der Waals surface area (Å²) < 4.78 is 5.77. The van der Waals surface area contributed by atoms with Crippen molar-refractivity contribution < 1.29 is 24.2 Å². The van der Waals surface area contributed by atoms with Crippen molar-refractivity contribution in [2.24, 2.45) is 5.16 Å². The van der Waals surface area contributed by atoms with Gasteiger partial charge in [0.1, 0.15) is 23.5 Å². The number of aromatic nitrogens is 1. The zero-order valence-electron chi connectivity index (χ0n) is 16.3. The van der Waals surface area contributed by atoms with Gasteiger partial charge in [-0.15, -0.1) is 0 Å². The van der Waals surface area contributed by atoms with Crippen LogP contribution in [0.25, 0.3) is 0 Å². The third-order valence-electron chi connectivity index (χ3n) is 3.47. The Labute approximate surface area is 167 Å². The molecule has 2 rings (SSSR count). The second-order valence-electron chi connectivity index (χ2n) is 6.93. The van der Waals surface area contributed by atoms with E-state index in [9.17, 15) is 15.1 Å². The molecule has 0 spiro atoms. The van der Waals surface area contributed by atoms with Crippen LogP contribution in [0.1, 0.15) is 54.9 Å². The molecule has 0 aliphatic rings. The van der Waals surface area contributed by atoms with E-state index in [1.165, 1.54) is 19.1 Å². The van der Waals surface area contributed by atoms with Crippen molar-refractivity contribution >= 4 is 11.7 Å². The number of phenols is 1. The molecule has 148 valence electrons. The number of benzene rings is 1. The standard InChI is InChI=1S/C20H18N4O5/c1-12(23-29-20(2,3)4)28-17-6-5-7-24(27)18(17)19(26)15-8-13(10-21)14(11-22)9-16(15)25/h5-9,25H,1-4H3/b23-12-. The molecule has 0 radical (unpaired) electrons. The van der Waals surface area contributed by atoms with E-state index < -0.39 is 22.8 Å². The number of ether oxygens (including phenoxy) is 1. The molecule has 1 aromatic heterocycles. The number of carbonyl (C=O) groups excluding carboxylic acids is 1. The van der Waals surface area contributed by atoms with Crippen LogP contribution >= 0.6 is 0 Å². The fourth-order valence-electron chi connectivity index (χ4n) is 2.23. The molecule has 1 N–H and O–H groups in total. The molecule has 0 amide bonds. The summed E-state index contributed by atoms with van der Waals surface area (Å²) in [6.07, 6.45) is 1.09. The van der Waals surface area contributed by atoms with Gasteiger partial charge in [0.15, 0.2) is 6.20 Å². The molecule has 9 heteroatoms. The van der Waals surface area contributed by atoms with Crippen LogP contribution in [0, 0.1) is 27.9 Å². The highest BCUT2D eigenvalue weighted by molar-refractivity contribution is 6.10. The predicted octanol–water partition coefficient (Wildman–Crippen LogP) is 2.53. The molecule has 1 heterocycles. The number of aromatic hydroxyl groups is 1. The molecule has 0 saturated carbocycles. The maximum atomic E-state index is 13.0. The number of pyridine rings is 1. The lowest BCUT2D eigenvalue weighted by molar-refractivity contribution is -0.607. The van der Waals surface area contributed by atoms with Gasteiger partial charge in [0.25, 0.3) is 5.78 Å². The largest absolute Gasteiger partial charge is 0.618 e. The third kappa shape index (κ3) is 4.99. The van der Waals surface area contributed by atoms with Crippen molar-refractivity contribution in [3.63, 3.8) is 0 Å². The number of hydrogen-bond donors (Lipinski definition) is 1. The Morgan fingerprint density at radius 3 is 2.45 bits per heavy atom. The van der Waals surface area contributed by atoms with Crippen LogP contribution in [0.15, 0.2) is 35.6 Å². The summed E-state index contributed by atoms with van der Waals surface area (Å²) >= 11 is 0. The van der Waals surface area contributed by atoms with Crippen LogP contribution in [-0.2, 0) is 4.84 Å². The van der Waals surface area contributed by atoms with Crippen LogP contribution in [-0.4, -0.2) is 22.4 Å². The molecule has 0 bridgehead atoms. The van der Waals surface area contributed by atoms with E-state index >= 15 is 0 Å². The van der Waals surface area contributed by atoms with Crippen molar-refractivity contribution in [1.29, 1.82) is 10.5 Å². The van der Waals surface area contributed by atoms with Gasteiger partial charge in [-0.05, 0) is 39.0 Å². The van der Waals surface area contributed by atoms with Gasteiger partial charge in [-0.3, -0.25) is 4.79 Å². The van der Waals surface area contributed by atoms with Gasteiger partial charge < -0.3 is 19.9 Å². The summed E-state index contributed by atoms with van der Waals surface area (Å²) in [4.78, 5) is 18.2. The normalized spacial score (nSPS) is 11.3. The van der Waals surface area contributed by atoms with E-state index in [4.69, 9.17) is 20.1 Å². The molecule has 0 saturated heterocycles. The average molecular weight is 394 g/mol. The van der Waals surface area contributed by atoms with Crippen molar-refractivity contribution in [2.45, 2.75) is 33.3 Å². The number of hydrogen-bond acceptors (Lipinski definition) is 8. The lowest BCUT2D eigenvalue weighted by Gasteiger charge is -2.16. The van der Waals surface area contributed by atoms with Gasteiger partial charge in [-0.25, -0.2) is 0 Å². The van der Waals surface area contributed by atoms with Gasteiger partial charge in [-0.2, -0.15) is 15.3 Å². The molecule has 1 aromatic carbocycles. The minimum atomic E-state index is -0.890. The minimum Gasteiger partial charge on any atom is -0.618 e. The van der Waals surface area contributed by atoms with Gasteiger partial charge >= 0.3 is 5.69 Å². The summed E-state index contributed by atoms with van der Waals surface area (Å²) in [5.41, 5.74) is -1.52. The van der Waals surface area contributed by atoms with Crippen LogP contribution in [0.3, 0.4) is 0 Å². The topological polar surface area (TPSA) is 143 Å². The first-order valence-electron chi connectivity index (χ1n) is 8.42. The van der Waals surface area contributed by atoms with Crippen LogP contribution < -0.4 is 9.47 Å². The fraction of sp³-hybridized carbons (Fsp3) is 0.250. The zero-order valence-corrected chi connectivity index (χ0v) is 16.3. The molecule has 2 aromatic rings. The third-order valence-corrected chi connectivity index (χ3v) is 3.47. The Morgan fingerprint density at radius 1 is 1.24 bits per heavy atom. The SMILES string of the molecule is C/C(=N/OC(C)(C)C)Oc1ccc[n+]([O-])c1C(=O)c1cc(C#N)c(C#N)cc1O. The molecule has 0 fully saturated rings. The monoisotopic (exact) mass is 394 g/mol. The Hall–Kier alpha value is -4.11. The smallest absolute Gasteiger partial charge is 0.308 e. The van der Waals surface area contributed by atoms with Crippen molar-refractivity contribution in [3.05, 3.63) is 58.1 Å². The zero-order chi connectivity index (χ0) is 21.8. The number of nitriles is 2. The van der Waals surface area contributed by atoms with Gasteiger partial charge in [-0.1, -0.05) is 5.16 Å². The second-order valence-corrected chi connectivity index (χ2v) is 6.93. The molecular formula is C20H18N4O5. The molecule has 9 nitrogen and oxygen atoms in total. The molecule has 29 heavy (non-hydrogen) atoms. The van der Waals surface area contributed by atoms with Gasteiger partial charge in [0.2, 0.25) is 11.6 Å².